The summed E-state index contributed by atoms with van der Waals surface area (Å²) in [6.45, 7) is 0.331. The number of hydrogen-bond acceptors (Lipinski definition) is 5. The van der Waals surface area contributed by atoms with Crippen LogP contribution in [0.2, 0.25) is 0 Å². The number of carbonyl (C=O) groups excluding carboxylic acids is 2. The van der Waals surface area contributed by atoms with Crippen molar-refractivity contribution in [3.63, 3.8) is 0 Å². The van der Waals surface area contributed by atoms with Gasteiger partial charge in [0, 0.05) is 23.4 Å². The summed E-state index contributed by atoms with van der Waals surface area (Å²) in [6.07, 6.45) is 1.67. The van der Waals surface area contributed by atoms with Gasteiger partial charge in [0.05, 0.1) is 32.1 Å². The number of anilines is 1. The lowest BCUT2D eigenvalue weighted by Crippen LogP contribution is -2.23. The van der Waals surface area contributed by atoms with E-state index in [0.717, 1.165) is 5.69 Å². The first-order valence-corrected chi connectivity index (χ1v) is 8.92. The number of hydrogen-bond donors (Lipinski definition) is 2. The molecule has 0 bridgehead atoms. The minimum atomic E-state index is -0.322. The molecule has 0 atom stereocenters. The van der Waals surface area contributed by atoms with Crippen molar-refractivity contribution in [2.75, 3.05) is 19.5 Å². The zero-order chi connectivity index (χ0) is 20.6. The van der Waals surface area contributed by atoms with E-state index in [4.69, 9.17) is 9.47 Å². The van der Waals surface area contributed by atoms with Crippen molar-refractivity contribution in [3.8, 4) is 11.5 Å². The van der Waals surface area contributed by atoms with Gasteiger partial charge in [-0.3, -0.25) is 14.6 Å². The smallest absolute Gasteiger partial charge is 0.255 e. The van der Waals surface area contributed by atoms with E-state index in [9.17, 15) is 9.59 Å². The molecule has 3 rings (SSSR count). The lowest BCUT2D eigenvalue weighted by atomic mass is 10.1. The average molecular weight is 391 g/mol. The van der Waals surface area contributed by atoms with E-state index in [1.807, 2.05) is 18.2 Å². The summed E-state index contributed by atoms with van der Waals surface area (Å²) < 4.78 is 10.5. The third kappa shape index (κ3) is 5.10. The van der Waals surface area contributed by atoms with E-state index in [2.05, 4.69) is 15.6 Å². The Balaban J connectivity index is 1.65. The van der Waals surface area contributed by atoms with E-state index >= 15 is 0 Å². The second kappa shape index (κ2) is 9.36. The SMILES string of the molecule is COc1ccc(OC)c(NC(=O)c2ccc(C(=O)NCc3ccccn3)cc2)c1. The summed E-state index contributed by atoms with van der Waals surface area (Å²) in [5.74, 6) is 0.555. The third-order valence-corrected chi connectivity index (χ3v) is 4.22. The predicted octanol–water partition coefficient (Wildman–Crippen LogP) is 3.28. The quantitative estimate of drug-likeness (QED) is 0.645. The zero-order valence-electron chi connectivity index (χ0n) is 16.1. The van der Waals surface area contributed by atoms with Gasteiger partial charge in [0.25, 0.3) is 11.8 Å². The standard InChI is InChI=1S/C22H21N3O4/c1-28-18-10-11-20(29-2)19(13-18)25-22(27)16-8-6-15(7-9-16)21(26)24-14-17-5-3-4-12-23-17/h3-13H,14H2,1-2H3,(H,24,26)(H,25,27). The van der Waals surface area contributed by atoms with Crippen LogP contribution in [0.1, 0.15) is 26.4 Å². The van der Waals surface area contributed by atoms with Crippen LogP contribution >= 0.6 is 0 Å². The Bertz CT molecular complexity index is 989. The molecule has 7 nitrogen and oxygen atoms in total. The monoisotopic (exact) mass is 391 g/mol. The van der Waals surface area contributed by atoms with Crippen molar-refractivity contribution in [1.29, 1.82) is 0 Å². The maximum absolute atomic E-state index is 12.6. The largest absolute Gasteiger partial charge is 0.497 e. The first-order valence-electron chi connectivity index (χ1n) is 8.92. The predicted molar refractivity (Wildman–Crippen MR) is 109 cm³/mol. The van der Waals surface area contributed by atoms with Gasteiger partial charge in [-0.25, -0.2) is 0 Å². The Morgan fingerprint density at radius 3 is 2.24 bits per heavy atom. The lowest BCUT2D eigenvalue weighted by Gasteiger charge is -2.12. The minimum Gasteiger partial charge on any atom is -0.497 e. The maximum Gasteiger partial charge on any atom is 0.255 e. The van der Waals surface area contributed by atoms with E-state index in [1.54, 1.807) is 55.8 Å². The first kappa shape index (κ1) is 19.9. The topological polar surface area (TPSA) is 89.5 Å². The molecule has 29 heavy (non-hydrogen) atoms. The molecule has 0 aliphatic heterocycles. The van der Waals surface area contributed by atoms with Gasteiger partial charge in [-0.1, -0.05) is 6.07 Å². The fraction of sp³-hybridized carbons (Fsp3) is 0.136. The van der Waals surface area contributed by atoms with Crippen LogP contribution < -0.4 is 20.1 Å². The summed E-state index contributed by atoms with van der Waals surface area (Å²) in [5, 5.41) is 5.59. The van der Waals surface area contributed by atoms with Crippen LogP contribution in [0.5, 0.6) is 11.5 Å². The van der Waals surface area contributed by atoms with Crippen LogP contribution in [0.25, 0.3) is 0 Å². The number of nitrogens with one attached hydrogen (secondary N) is 2. The zero-order valence-corrected chi connectivity index (χ0v) is 16.1. The highest BCUT2D eigenvalue weighted by Crippen LogP contribution is 2.29. The lowest BCUT2D eigenvalue weighted by molar-refractivity contribution is 0.0948. The molecule has 0 fully saturated rings. The van der Waals surface area contributed by atoms with Crippen molar-refractivity contribution >= 4 is 17.5 Å². The van der Waals surface area contributed by atoms with Gasteiger partial charge in [-0.05, 0) is 48.5 Å². The van der Waals surface area contributed by atoms with Crippen molar-refractivity contribution < 1.29 is 19.1 Å². The molecule has 0 aliphatic carbocycles. The van der Waals surface area contributed by atoms with Gasteiger partial charge >= 0.3 is 0 Å². The van der Waals surface area contributed by atoms with Crippen molar-refractivity contribution in [2.24, 2.45) is 0 Å². The Labute approximate surface area is 168 Å². The Kier molecular flexibility index (Phi) is 6.42. The van der Waals surface area contributed by atoms with Gasteiger partial charge in [0.1, 0.15) is 11.5 Å². The highest BCUT2D eigenvalue weighted by Gasteiger charge is 2.12. The number of benzene rings is 2. The third-order valence-electron chi connectivity index (χ3n) is 4.22. The Morgan fingerprint density at radius 2 is 1.62 bits per heavy atom. The van der Waals surface area contributed by atoms with Gasteiger partial charge in [-0.2, -0.15) is 0 Å². The van der Waals surface area contributed by atoms with Gasteiger partial charge in [-0.15, -0.1) is 0 Å². The molecule has 0 unspecified atom stereocenters. The summed E-state index contributed by atoms with van der Waals surface area (Å²) in [7, 11) is 3.07. The van der Waals surface area contributed by atoms with Crippen LogP contribution in [0.4, 0.5) is 5.69 Å². The number of ether oxygens (including phenoxy) is 2. The second-order valence-electron chi connectivity index (χ2n) is 6.10. The molecular formula is C22H21N3O4. The number of nitrogens with zero attached hydrogens (tertiary/aromatic N) is 1. The maximum atomic E-state index is 12.6. The first-order chi connectivity index (χ1) is 14.1. The number of methoxy groups -OCH3 is 2. The van der Waals surface area contributed by atoms with E-state index in [1.165, 1.54) is 7.11 Å². The van der Waals surface area contributed by atoms with Crippen LogP contribution in [0, 0.1) is 0 Å². The number of aromatic nitrogens is 1. The van der Waals surface area contributed by atoms with Crippen molar-refractivity contribution in [2.45, 2.75) is 6.54 Å². The highest BCUT2D eigenvalue weighted by atomic mass is 16.5. The molecule has 2 aromatic carbocycles. The molecule has 0 radical (unpaired) electrons. The summed E-state index contributed by atoms with van der Waals surface area (Å²) >= 11 is 0. The highest BCUT2D eigenvalue weighted by molar-refractivity contribution is 6.05. The number of amides is 2. The molecule has 0 spiro atoms. The Hall–Kier alpha value is -3.87. The fourth-order valence-corrected chi connectivity index (χ4v) is 2.65. The number of rotatable bonds is 7. The molecule has 0 saturated heterocycles. The summed E-state index contributed by atoms with van der Waals surface area (Å²) in [4.78, 5) is 29.0. The molecule has 0 saturated carbocycles. The Morgan fingerprint density at radius 1 is 0.897 bits per heavy atom. The number of carbonyl (C=O) groups is 2. The minimum absolute atomic E-state index is 0.239. The molecule has 7 heteroatoms. The van der Waals surface area contributed by atoms with Crippen LogP contribution in [0.3, 0.4) is 0 Å². The molecule has 2 N–H and O–H groups in total. The molecule has 3 aromatic rings. The van der Waals surface area contributed by atoms with Gasteiger partial charge < -0.3 is 20.1 Å². The molecule has 2 amide bonds. The molecule has 0 aliphatic rings. The van der Waals surface area contributed by atoms with Gasteiger partial charge in [0.15, 0.2) is 0 Å². The summed E-state index contributed by atoms with van der Waals surface area (Å²) in [5.41, 5.74) is 2.13. The van der Waals surface area contributed by atoms with Crippen LogP contribution in [0.15, 0.2) is 66.9 Å². The van der Waals surface area contributed by atoms with Crippen LogP contribution in [-0.4, -0.2) is 31.0 Å². The average Bonchev–Trinajstić information content (AvgIpc) is 2.78. The molecular weight excluding hydrogens is 370 g/mol. The normalized spacial score (nSPS) is 10.1. The molecule has 148 valence electrons. The van der Waals surface area contributed by atoms with Crippen molar-refractivity contribution in [3.05, 3.63) is 83.7 Å². The number of pyridine rings is 1. The van der Waals surface area contributed by atoms with Crippen LogP contribution in [-0.2, 0) is 6.54 Å². The van der Waals surface area contributed by atoms with Gasteiger partial charge in [0.2, 0.25) is 0 Å². The summed E-state index contributed by atoms with van der Waals surface area (Å²) in [6, 6.07) is 17.0. The van der Waals surface area contributed by atoms with Crippen molar-refractivity contribution in [1.82, 2.24) is 10.3 Å². The van der Waals surface area contributed by atoms with E-state index in [0.29, 0.717) is 34.9 Å². The molecule has 1 heterocycles. The molecule has 1 aromatic heterocycles. The van der Waals surface area contributed by atoms with E-state index < -0.39 is 0 Å². The fourth-order valence-electron chi connectivity index (χ4n) is 2.65. The second-order valence-corrected chi connectivity index (χ2v) is 6.10. The van der Waals surface area contributed by atoms with E-state index in [-0.39, 0.29) is 11.8 Å².